The van der Waals surface area contributed by atoms with Crippen molar-refractivity contribution >= 4 is 76.0 Å². The van der Waals surface area contributed by atoms with Crippen molar-refractivity contribution in [3.8, 4) is 0 Å². The largest absolute Gasteiger partial charge is 0.761 e. The number of carbonyl (C=O) groups excluding carboxylic acids is 1. The Labute approximate surface area is 350 Å². The van der Waals surface area contributed by atoms with Crippen LogP contribution in [0.5, 0.6) is 0 Å². The SMILES string of the molecule is CC(=O)S[C@H]1CCCCO1.CC[C-](CC)CC.CP=O.CP=O.CP=O.CP=O.C[C@@H]1CCCCO1.S[C@H]1CCCCO1.[Au].[S-][C@H]1CCCCO1. The summed E-state index contributed by atoms with van der Waals surface area (Å²) in [5, 5.41) is 0.159. The summed E-state index contributed by atoms with van der Waals surface area (Å²) in [5.74, 6) is 1.68. The first-order chi connectivity index (χ1) is 24.0. The monoisotopic (exact) mass is 1040 g/mol. The molecule has 4 heterocycles. The van der Waals surface area contributed by atoms with Crippen molar-refractivity contribution in [3.05, 3.63) is 5.92 Å². The molecule has 0 unspecified atom stereocenters. The van der Waals surface area contributed by atoms with Crippen molar-refractivity contribution in [2.75, 3.05) is 53.1 Å². The van der Waals surface area contributed by atoms with Gasteiger partial charge in [-0.25, -0.2) is 0 Å². The minimum atomic E-state index is 0. The summed E-state index contributed by atoms with van der Waals surface area (Å²) in [6, 6.07) is 0. The maximum Gasteiger partial charge on any atom is 0.188 e. The summed E-state index contributed by atoms with van der Waals surface area (Å²) in [7, 11) is 0.667. The number of rotatable bonds is 4. The van der Waals surface area contributed by atoms with Gasteiger partial charge in [-0.3, -0.25) is 23.1 Å². The molecule has 9 nitrogen and oxygen atoms in total. The third-order valence-corrected chi connectivity index (χ3v) is 8.38. The fourth-order valence-electron chi connectivity index (χ4n) is 4.08. The smallest absolute Gasteiger partial charge is 0.188 e. The second-order valence-electron chi connectivity index (χ2n) is 10.7. The van der Waals surface area contributed by atoms with Crippen molar-refractivity contribution in [3.63, 3.8) is 0 Å². The summed E-state index contributed by atoms with van der Waals surface area (Å²) >= 11 is 10.3. The van der Waals surface area contributed by atoms with Crippen molar-refractivity contribution < 1.29 is 64.4 Å². The summed E-state index contributed by atoms with van der Waals surface area (Å²) in [4.78, 5) is 10.6. The Morgan fingerprint density at radius 3 is 1.20 bits per heavy atom. The summed E-state index contributed by atoms with van der Waals surface area (Å²) in [6.07, 6.45) is 18.8. The second kappa shape index (κ2) is 58.4. The van der Waals surface area contributed by atoms with Crippen molar-refractivity contribution in [2.24, 2.45) is 0 Å². The molecule has 4 fully saturated rings. The van der Waals surface area contributed by atoms with Gasteiger partial charge in [-0.15, -0.1) is 12.6 Å². The summed E-state index contributed by atoms with van der Waals surface area (Å²) in [6.45, 7) is 20.2. The van der Waals surface area contributed by atoms with E-state index in [0.29, 0.717) is 6.10 Å². The number of hydrogen-bond donors (Lipinski definition) is 1. The van der Waals surface area contributed by atoms with Crippen molar-refractivity contribution in [1.82, 2.24) is 0 Å². The average molecular weight is 1040 g/mol. The Bertz CT molecular complexity index is 632. The molecular formula is C34H70AuO9P4S3-2. The predicted molar refractivity (Wildman–Crippen MR) is 223 cm³/mol. The van der Waals surface area contributed by atoms with Gasteiger partial charge >= 0.3 is 0 Å². The van der Waals surface area contributed by atoms with Crippen LogP contribution in [0.3, 0.4) is 0 Å². The van der Waals surface area contributed by atoms with E-state index in [1.165, 1.54) is 82.4 Å². The molecule has 1 radical (unpaired) electrons. The van der Waals surface area contributed by atoms with E-state index < -0.39 is 0 Å². The Kier molecular flexibility index (Phi) is 74.0. The zero-order chi connectivity index (χ0) is 39.3. The molecule has 51 heavy (non-hydrogen) atoms. The van der Waals surface area contributed by atoms with Gasteiger partial charge in [0.15, 0.2) is 39.0 Å². The molecule has 0 spiro atoms. The van der Waals surface area contributed by atoms with Crippen LogP contribution in [0, 0.1) is 5.92 Å². The first-order valence-corrected chi connectivity index (χ1v) is 24.6. The zero-order valence-corrected chi connectivity index (χ0v) is 41.0. The van der Waals surface area contributed by atoms with Gasteiger partial charge < -0.3 is 37.5 Å². The normalized spacial score (nSPS) is 21.8. The summed E-state index contributed by atoms with van der Waals surface area (Å²) < 4.78 is 56.5. The minimum absolute atomic E-state index is 0. The van der Waals surface area contributed by atoms with Gasteiger partial charge in [0, 0.05) is 82.4 Å². The number of ether oxygens (including phenoxy) is 4. The van der Waals surface area contributed by atoms with Gasteiger partial charge in [-0.05, 0) is 77.6 Å². The molecule has 0 saturated carbocycles. The molecule has 0 aromatic rings. The van der Waals surface area contributed by atoms with Crippen LogP contribution in [-0.4, -0.2) is 80.6 Å². The first kappa shape index (κ1) is 64.6. The standard InChI is InChI=1S/C7H12O2S.C7H15.C6H12O.2C5H10OS.4CH3OP.Au/c1-6(8)10-7-4-2-3-5-9-7;1-4-7(5-2)6-3;1-6-4-2-3-5-7-6;2*7-5-3-1-2-4-6-5;4*1-3-2;/h7H,2-5H2,1H3;4-6H2,1-3H3;6H,2-5H2,1H3;2*5,7H,1-4H2;4*1H3;/q;-1;;;;;;;;/p-1/t7-;;6-;2*5-;;;;;/m0.100...../s1. The van der Waals surface area contributed by atoms with E-state index in [1.54, 1.807) is 39.5 Å². The van der Waals surface area contributed by atoms with Crippen LogP contribution in [0.25, 0.3) is 0 Å². The van der Waals surface area contributed by atoms with E-state index in [1.807, 2.05) is 0 Å². The molecule has 0 aliphatic carbocycles. The van der Waals surface area contributed by atoms with E-state index in [2.05, 4.69) is 40.3 Å². The number of thioether (sulfide) groups is 1. The average Bonchev–Trinajstić information content (AvgIpc) is 3.10. The Hall–Kier alpha value is 1.70. The third kappa shape index (κ3) is 66.9. The molecule has 4 aliphatic rings. The van der Waals surface area contributed by atoms with E-state index >= 15 is 0 Å². The molecular weight excluding hydrogens is 969 g/mol. The molecule has 17 heteroatoms. The van der Waals surface area contributed by atoms with Crippen LogP contribution in [-0.2, 0) is 77.0 Å². The fraction of sp³-hybridized carbons (Fsp3) is 0.941. The van der Waals surface area contributed by atoms with Gasteiger partial charge in [-0.1, -0.05) is 44.4 Å². The molecule has 0 aromatic carbocycles. The Morgan fingerprint density at radius 2 is 1.04 bits per heavy atom. The molecule has 0 bridgehead atoms. The van der Waals surface area contributed by atoms with Gasteiger partial charge in [0.2, 0.25) is 0 Å². The molecule has 0 N–H and O–H groups in total. The van der Waals surface area contributed by atoms with E-state index in [4.69, 9.17) is 49.8 Å². The molecule has 311 valence electrons. The van der Waals surface area contributed by atoms with Crippen LogP contribution >= 0.6 is 58.2 Å². The van der Waals surface area contributed by atoms with Crippen molar-refractivity contribution in [1.29, 1.82) is 0 Å². The zero-order valence-electron chi connectivity index (χ0n) is 32.8. The number of hydrogen-bond acceptors (Lipinski definition) is 12. The van der Waals surface area contributed by atoms with Gasteiger partial charge in [0.25, 0.3) is 0 Å². The molecule has 4 saturated heterocycles. The quantitative estimate of drug-likeness (QED) is 0.0952. The molecule has 4 rings (SSSR count). The second-order valence-corrected chi connectivity index (χ2v) is 14.6. The maximum atomic E-state index is 10.6. The van der Waals surface area contributed by atoms with E-state index in [9.17, 15) is 4.79 Å². The van der Waals surface area contributed by atoms with Crippen LogP contribution in [0.4, 0.5) is 0 Å². The van der Waals surface area contributed by atoms with Crippen LogP contribution in [0.1, 0.15) is 131 Å². The number of carbonyl (C=O) groups is 1. The van der Waals surface area contributed by atoms with Crippen LogP contribution in [0.2, 0.25) is 0 Å². The Balaban J connectivity index is -0.000000115. The Morgan fingerprint density at radius 1 is 0.667 bits per heavy atom. The van der Waals surface area contributed by atoms with Crippen LogP contribution in [0.15, 0.2) is 0 Å². The first-order valence-electron chi connectivity index (χ1n) is 17.6. The van der Waals surface area contributed by atoms with E-state index in [-0.39, 0.29) is 77.6 Å². The number of thiol groups is 1. The molecule has 4 atom stereocenters. The predicted octanol–water partition coefficient (Wildman–Crippen LogP) is 12.3. The fourth-order valence-corrected chi connectivity index (χ4v) is 5.45. The van der Waals surface area contributed by atoms with Gasteiger partial charge in [-0.2, -0.15) is 19.3 Å². The van der Waals surface area contributed by atoms with Crippen LogP contribution < -0.4 is 0 Å². The third-order valence-electron chi connectivity index (χ3n) is 6.64. The maximum absolute atomic E-state index is 10.6. The van der Waals surface area contributed by atoms with Gasteiger partial charge in [0.1, 0.15) is 5.44 Å². The van der Waals surface area contributed by atoms with Gasteiger partial charge in [0.05, 0.1) is 11.5 Å². The molecule has 0 amide bonds. The van der Waals surface area contributed by atoms with Crippen molar-refractivity contribution in [2.45, 2.75) is 153 Å². The molecule has 0 aromatic heterocycles. The van der Waals surface area contributed by atoms with E-state index in [0.717, 1.165) is 52.1 Å². The summed E-state index contributed by atoms with van der Waals surface area (Å²) in [5.41, 5.74) is 0.494. The molecule has 4 aliphatic heterocycles. The minimum Gasteiger partial charge on any atom is -0.761 e. The topological polar surface area (TPSA) is 122 Å².